The Bertz CT molecular complexity index is 825. The van der Waals surface area contributed by atoms with Crippen molar-refractivity contribution in [1.82, 2.24) is 4.90 Å². The largest absolute Gasteiger partial charge is 0.481 e. The summed E-state index contributed by atoms with van der Waals surface area (Å²) in [6, 6.07) is 27.1. The molecular weight excluding hydrogens is 370 g/mol. The maximum absolute atomic E-state index is 13.3. The second-order valence-corrected chi connectivity index (χ2v) is 7.07. The van der Waals surface area contributed by atoms with Crippen LogP contribution in [0.15, 0.2) is 84.9 Å². The van der Waals surface area contributed by atoms with E-state index in [0.29, 0.717) is 30.3 Å². The molecular formula is C24H24ClNO2. The Hall–Kier alpha value is -2.78. The number of ether oxygens (including phenoxy) is 1. The van der Waals surface area contributed by atoms with Crippen LogP contribution in [0, 0.1) is 0 Å². The minimum atomic E-state index is -0.548. The van der Waals surface area contributed by atoms with E-state index in [2.05, 4.69) is 0 Å². The van der Waals surface area contributed by atoms with Gasteiger partial charge in [0.2, 0.25) is 0 Å². The highest BCUT2D eigenvalue weighted by atomic mass is 35.5. The standard InChI is InChI=1S/C24H24ClNO2/c1-2-23(28-22-15-13-21(25)14-16-22)24(27)26(17-19-9-5-3-6-10-19)18-20-11-7-4-8-12-20/h3-16,23H,2,17-18H2,1H3/t23-/m1/s1. The average Bonchev–Trinajstić information content (AvgIpc) is 2.74. The highest BCUT2D eigenvalue weighted by molar-refractivity contribution is 6.30. The summed E-state index contributed by atoms with van der Waals surface area (Å²) in [5.41, 5.74) is 2.18. The van der Waals surface area contributed by atoms with Crippen molar-refractivity contribution in [1.29, 1.82) is 0 Å². The molecule has 0 saturated carbocycles. The van der Waals surface area contributed by atoms with E-state index in [4.69, 9.17) is 16.3 Å². The minimum absolute atomic E-state index is 0.0230. The fourth-order valence-corrected chi connectivity index (χ4v) is 3.13. The molecule has 1 atom stereocenters. The third kappa shape index (κ3) is 5.61. The van der Waals surface area contributed by atoms with Crippen LogP contribution in [-0.4, -0.2) is 16.9 Å². The Morgan fingerprint density at radius 2 is 1.36 bits per heavy atom. The number of carbonyl (C=O) groups excluding carboxylic acids is 1. The lowest BCUT2D eigenvalue weighted by molar-refractivity contribution is -0.140. The van der Waals surface area contributed by atoms with Crippen molar-refractivity contribution in [2.75, 3.05) is 0 Å². The first-order valence-corrected chi connectivity index (χ1v) is 9.82. The molecule has 0 saturated heterocycles. The SMILES string of the molecule is CC[C@@H](Oc1ccc(Cl)cc1)C(=O)N(Cc1ccccc1)Cc1ccccc1. The van der Waals surface area contributed by atoms with Crippen molar-refractivity contribution < 1.29 is 9.53 Å². The average molecular weight is 394 g/mol. The second kappa shape index (κ2) is 9.95. The fraction of sp³-hybridized carbons (Fsp3) is 0.208. The summed E-state index contributed by atoms with van der Waals surface area (Å²) in [7, 11) is 0. The summed E-state index contributed by atoms with van der Waals surface area (Å²) >= 11 is 5.94. The Morgan fingerprint density at radius 1 is 0.857 bits per heavy atom. The third-order valence-corrected chi connectivity index (χ3v) is 4.73. The van der Waals surface area contributed by atoms with Gasteiger partial charge in [0.15, 0.2) is 6.10 Å². The number of amides is 1. The van der Waals surface area contributed by atoms with Crippen molar-refractivity contribution in [3.8, 4) is 5.75 Å². The van der Waals surface area contributed by atoms with Gasteiger partial charge in [0.1, 0.15) is 5.75 Å². The molecule has 0 unspecified atom stereocenters. The predicted molar refractivity (Wildman–Crippen MR) is 113 cm³/mol. The zero-order valence-corrected chi connectivity index (χ0v) is 16.7. The summed E-state index contributed by atoms with van der Waals surface area (Å²) in [5, 5.41) is 0.640. The molecule has 4 heteroatoms. The Labute approximate surface area is 171 Å². The van der Waals surface area contributed by atoms with Crippen LogP contribution in [0.4, 0.5) is 0 Å². The third-order valence-electron chi connectivity index (χ3n) is 4.48. The zero-order valence-electron chi connectivity index (χ0n) is 15.9. The molecule has 0 bridgehead atoms. The molecule has 0 heterocycles. The van der Waals surface area contributed by atoms with E-state index in [1.807, 2.05) is 72.5 Å². The Morgan fingerprint density at radius 3 is 1.82 bits per heavy atom. The predicted octanol–water partition coefficient (Wildman–Crippen LogP) is 5.73. The molecule has 28 heavy (non-hydrogen) atoms. The van der Waals surface area contributed by atoms with Gasteiger partial charge in [0.25, 0.3) is 5.91 Å². The molecule has 0 aromatic heterocycles. The highest BCUT2D eigenvalue weighted by Crippen LogP contribution is 2.20. The summed E-state index contributed by atoms with van der Waals surface area (Å²) in [6.45, 7) is 3.03. The Balaban J connectivity index is 1.79. The van der Waals surface area contributed by atoms with Crippen LogP contribution in [0.25, 0.3) is 0 Å². The molecule has 0 aliphatic rings. The molecule has 0 fully saturated rings. The monoisotopic (exact) mass is 393 g/mol. The van der Waals surface area contributed by atoms with Gasteiger partial charge in [-0.2, -0.15) is 0 Å². The van der Waals surface area contributed by atoms with Crippen LogP contribution < -0.4 is 4.74 Å². The van der Waals surface area contributed by atoms with Crippen LogP contribution in [-0.2, 0) is 17.9 Å². The number of halogens is 1. The molecule has 3 rings (SSSR count). The van der Waals surface area contributed by atoms with Crippen LogP contribution in [0.5, 0.6) is 5.75 Å². The molecule has 1 amide bonds. The quantitative estimate of drug-likeness (QED) is 0.489. The Kier molecular flexibility index (Phi) is 7.10. The normalized spacial score (nSPS) is 11.6. The number of hydrogen-bond donors (Lipinski definition) is 0. The maximum Gasteiger partial charge on any atom is 0.264 e. The van der Waals surface area contributed by atoms with E-state index < -0.39 is 6.10 Å². The molecule has 3 aromatic rings. The molecule has 3 aromatic carbocycles. The molecule has 0 N–H and O–H groups in total. The van der Waals surface area contributed by atoms with E-state index in [-0.39, 0.29) is 5.91 Å². The maximum atomic E-state index is 13.3. The lowest BCUT2D eigenvalue weighted by atomic mass is 10.1. The number of carbonyl (C=O) groups is 1. The number of rotatable bonds is 8. The van der Waals surface area contributed by atoms with Crippen molar-refractivity contribution in [3.63, 3.8) is 0 Å². The lowest BCUT2D eigenvalue weighted by Gasteiger charge is -2.27. The number of benzene rings is 3. The van der Waals surface area contributed by atoms with E-state index in [1.165, 1.54) is 0 Å². The van der Waals surface area contributed by atoms with E-state index in [9.17, 15) is 4.79 Å². The fourth-order valence-electron chi connectivity index (χ4n) is 3.01. The minimum Gasteiger partial charge on any atom is -0.481 e. The summed E-state index contributed by atoms with van der Waals surface area (Å²) < 4.78 is 5.99. The smallest absolute Gasteiger partial charge is 0.264 e. The van der Waals surface area contributed by atoms with Crippen molar-refractivity contribution in [2.45, 2.75) is 32.5 Å². The molecule has 3 nitrogen and oxygen atoms in total. The summed E-state index contributed by atoms with van der Waals surface area (Å²) in [6.07, 6.45) is 0.0373. The second-order valence-electron chi connectivity index (χ2n) is 6.63. The van der Waals surface area contributed by atoms with Gasteiger partial charge in [-0.1, -0.05) is 79.2 Å². The number of nitrogens with zero attached hydrogens (tertiary/aromatic N) is 1. The van der Waals surface area contributed by atoms with Gasteiger partial charge < -0.3 is 9.64 Å². The first kappa shape index (κ1) is 20.0. The van der Waals surface area contributed by atoms with Gasteiger partial charge in [-0.05, 0) is 41.8 Å². The van der Waals surface area contributed by atoms with Crippen LogP contribution >= 0.6 is 11.6 Å². The first-order valence-electron chi connectivity index (χ1n) is 9.44. The van der Waals surface area contributed by atoms with Crippen LogP contribution in [0.1, 0.15) is 24.5 Å². The molecule has 0 spiro atoms. The van der Waals surface area contributed by atoms with Crippen molar-refractivity contribution in [2.24, 2.45) is 0 Å². The molecule has 0 aliphatic carbocycles. The van der Waals surface area contributed by atoms with E-state index in [1.54, 1.807) is 24.3 Å². The van der Waals surface area contributed by atoms with Gasteiger partial charge >= 0.3 is 0 Å². The van der Waals surface area contributed by atoms with E-state index >= 15 is 0 Å². The van der Waals surface area contributed by atoms with Gasteiger partial charge in [-0.15, -0.1) is 0 Å². The number of hydrogen-bond acceptors (Lipinski definition) is 2. The van der Waals surface area contributed by atoms with E-state index in [0.717, 1.165) is 11.1 Å². The van der Waals surface area contributed by atoms with Crippen molar-refractivity contribution >= 4 is 17.5 Å². The van der Waals surface area contributed by atoms with Crippen LogP contribution in [0.3, 0.4) is 0 Å². The zero-order chi connectivity index (χ0) is 19.8. The molecule has 0 aliphatic heterocycles. The van der Waals surface area contributed by atoms with Gasteiger partial charge in [0, 0.05) is 18.1 Å². The van der Waals surface area contributed by atoms with Crippen molar-refractivity contribution in [3.05, 3.63) is 101 Å². The van der Waals surface area contributed by atoms with Gasteiger partial charge in [-0.3, -0.25) is 4.79 Å². The summed E-state index contributed by atoms with van der Waals surface area (Å²) in [5.74, 6) is 0.620. The first-order chi connectivity index (χ1) is 13.7. The van der Waals surface area contributed by atoms with Crippen LogP contribution in [0.2, 0.25) is 5.02 Å². The van der Waals surface area contributed by atoms with Gasteiger partial charge in [-0.25, -0.2) is 0 Å². The van der Waals surface area contributed by atoms with Gasteiger partial charge in [0.05, 0.1) is 0 Å². The lowest BCUT2D eigenvalue weighted by Crippen LogP contribution is -2.41. The molecule has 0 radical (unpaired) electrons. The topological polar surface area (TPSA) is 29.5 Å². The highest BCUT2D eigenvalue weighted by Gasteiger charge is 2.25. The molecule has 144 valence electrons. The summed E-state index contributed by atoms with van der Waals surface area (Å²) in [4.78, 5) is 15.2.